The smallest absolute Gasteiger partial charge is 0.122 e. The Kier molecular flexibility index (Phi) is 6.32. The predicted molar refractivity (Wildman–Crippen MR) is 81.8 cm³/mol. The van der Waals surface area contributed by atoms with Gasteiger partial charge in [-0.1, -0.05) is 17.7 Å². The average molecular weight is 264 g/mol. The lowest BCUT2D eigenvalue weighted by molar-refractivity contribution is 0.408. The number of methoxy groups -OCH3 is 1. The summed E-state index contributed by atoms with van der Waals surface area (Å²) < 4.78 is 5.38. The maximum atomic E-state index is 5.95. The molecular formula is C16H28N2O. The van der Waals surface area contributed by atoms with Gasteiger partial charge in [0.2, 0.25) is 0 Å². The molecule has 0 heterocycles. The summed E-state index contributed by atoms with van der Waals surface area (Å²) in [5.74, 6) is 0.982. The SMILES string of the molecule is COc1ccc(C)cc1CCNCCCC(C)(C)N. The lowest BCUT2D eigenvalue weighted by atomic mass is 10.0. The van der Waals surface area contributed by atoms with E-state index in [4.69, 9.17) is 10.5 Å². The van der Waals surface area contributed by atoms with Crippen LogP contribution in [0.1, 0.15) is 37.8 Å². The van der Waals surface area contributed by atoms with Crippen molar-refractivity contribution in [2.75, 3.05) is 20.2 Å². The maximum absolute atomic E-state index is 5.95. The van der Waals surface area contributed by atoms with E-state index >= 15 is 0 Å². The van der Waals surface area contributed by atoms with Crippen LogP contribution < -0.4 is 15.8 Å². The van der Waals surface area contributed by atoms with Gasteiger partial charge in [0.1, 0.15) is 5.75 Å². The Labute approximate surface area is 117 Å². The molecule has 0 unspecified atom stereocenters. The first-order chi connectivity index (χ1) is 8.92. The molecule has 0 bridgehead atoms. The van der Waals surface area contributed by atoms with Gasteiger partial charge in [0.25, 0.3) is 0 Å². The number of rotatable bonds is 8. The molecule has 19 heavy (non-hydrogen) atoms. The quantitative estimate of drug-likeness (QED) is 0.710. The van der Waals surface area contributed by atoms with Crippen molar-refractivity contribution in [3.63, 3.8) is 0 Å². The first-order valence-electron chi connectivity index (χ1n) is 7.05. The third-order valence-electron chi connectivity index (χ3n) is 3.18. The summed E-state index contributed by atoms with van der Waals surface area (Å²) in [6.07, 6.45) is 3.17. The van der Waals surface area contributed by atoms with Crippen LogP contribution in [0.15, 0.2) is 18.2 Å². The highest BCUT2D eigenvalue weighted by Gasteiger charge is 2.09. The monoisotopic (exact) mass is 264 g/mol. The van der Waals surface area contributed by atoms with Crippen LogP contribution in [0.4, 0.5) is 0 Å². The minimum atomic E-state index is -0.0541. The first kappa shape index (κ1) is 16.0. The van der Waals surface area contributed by atoms with E-state index in [9.17, 15) is 0 Å². The highest BCUT2D eigenvalue weighted by Crippen LogP contribution is 2.19. The zero-order valence-corrected chi connectivity index (χ0v) is 12.8. The molecule has 0 saturated carbocycles. The Morgan fingerprint density at radius 2 is 2.00 bits per heavy atom. The van der Waals surface area contributed by atoms with Crippen molar-refractivity contribution >= 4 is 0 Å². The van der Waals surface area contributed by atoms with Crippen LogP contribution in [0.5, 0.6) is 5.75 Å². The maximum Gasteiger partial charge on any atom is 0.122 e. The van der Waals surface area contributed by atoms with Crippen LogP contribution in [-0.4, -0.2) is 25.7 Å². The molecular weight excluding hydrogens is 236 g/mol. The fourth-order valence-electron chi connectivity index (χ4n) is 2.12. The molecule has 0 atom stereocenters. The van der Waals surface area contributed by atoms with Crippen LogP contribution >= 0.6 is 0 Å². The van der Waals surface area contributed by atoms with Crippen molar-refractivity contribution in [2.24, 2.45) is 5.73 Å². The summed E-state index contributed by atoms with van der Waals surface area (Å²) in [7, 11) is 1.73. The van der Waals surface area contributed by atoms with Gasteiger partial charge in [-0.2, -0.15) is 0 Å². The van der Waals surface area contributed by atoms with Gasteiger partial charge >= 0.3 is 0 Å². The molecule has 3 N–H and O–H groups in total. The van der Waals surface area contributed by atoms with E-state index in [1.165, 1.54) is 11.1 Å². The van der Waals surface area contributed by atoms with Crippen LogP contribution in [0.25, 0.3) is 0 Å². The lowest BCUT2D eigenvalue weighted by Crippen LogP contribution is -2.33. The van der Waals surface area contributed by atoms with E-state index < -0.39 is 0 Å². The second-order valence-electron chi connectivity index (χ2n) is 5.91. The largest absolute Gasteiger partial charge is 0.496 e. The zero-order chi connectivity index (χ0) is 14.3. The molecule has 0 aromatic heterocycles. The minimum absolute atomic E-state index is 0.0541. The number of benzene rings is 1. The molecule has 0 aliphatic heterocycles. The molecule has 1 aromatic rings. The fourth-order valence-corrected chi connectivity index (χ4v) is 2.12. The fraction of sp³-hybridized carbons (Fsp3) is 0.625. The molecule has 0 saturated heterocycles. The van der Waals surface area contributed by atoms with Gasteiger partial charge in [0.15, 0.2) is 0 Å². The van der Waals surface area contributed by atoms with Crippen molar-refractivity contribution in [1.82, 2.24) is 5.32 Å². The molecule has 0 amide bonds. The van der Waals surface area contributed by atoms with Gasteiger partial charge in [-0.3, -0.25) is 0 Å². The molecule has 0 spiro atoms. The predicted octanol–water partition coefficient (Wildman–Crippen LogP) is 2.65. The molecule has 0 aliphatic rings. The summed E-state index contributed by atoms with van der Waals surface area (Å²) in [4.78, 5) is 0. The Morgan fingerprint density at radius 3 is 2.63 bits per heavy atom. The number of aryl methyl sites for hydroxylation is 1. The molecule has 1 aromatic carbocycles. The summed E-state index contributed by atoms with van der Waals surface area (Å²) in [6, 6.07) is 6.32. The van der Waals surface area contributed by atoms with E-state index in [2.05, 4.69) is 38.2 Å². The summed E-state index contributed by atoms with van der Waals surface area (Å²) >= 11 is 0. The van der Waals surface area contributed by atoms with E-state index in [0.717, 1.165) is 38.1 Å². The lowest BCUT2D eigenvalue weighted by Gasteiger charge is -2.18. The minimum Gasteiger partial charge on any atom is -0.496 e. The van der Waals surface area contributed by atoms with Crippen LogP contribution in [0.3, 0.4) is 0 Å². The highest BCUT2D eigenvalue weighted by atomic mass is 16.5. The van der Waals surface area contributed by atoms with Crippen molar-refractivity contribution in [3.05, 3.63) is 29.3 Å². The summed E-state index contributed by atoms with van der Waals surface area (Å²) in [5, 5.41) is 3.47. The second kappa shape index (κ2) is 7.51. The molecule has 0 fully saturated rings. The van der Waals surface area contributed by atoms with Crippen molar-refractivity contribution in [3.8, 4) is 5.75 Å². The molecule has 108 valence electrons. The van der Waals surface area contributed by atoms with Gasteiger partial charge in [0, 0.05) is 5.54 Å². The Morgan fingerprint density at radius 1 is 1.26 bits per heavy atom. The van der Waals surface area contributed by atoms with Gasteiger partial charge in [-0.25, -0.2) is 0 Å². The van der Waals surface area contributed by atoms with Gasteiger partial charge in [-0.15, -0.1) is 0 Å². The number of nitrogens with two attached hydrogens (primary N) is 1. The summed E-state index contributed by atoms with van der Waals surface area (Å²) in [6.45, 7) is 8.26. The normalized spacial score (nSPS) is 11.6. The number of hydrogen-bond donors (Lipinski definition) is 2. The molecule has 3 nitrogen and oxygen atoms in total. The molecule has 0 aliphatic carbocycles. The highest BCUT2D eigenvalue weighted by molar-refractivity contribution is 5.37. The molecule has 3 heteroatoms. The van der Waals surface area contributed by atoms with Crippen LogP contribution in [0, 0.1) is 6.92 Å². The van der Waals surface area contributed by atoms with Crippen molar-refractivity contribution in [2.45, 2.75) is 45.6 Å². The third kappa shape index (κ3) is 6.60. The van der Waals surface area contributed by atoms with Crippen molar-refractivity contribution in [1.29, 1.82) is 0 Å². The number of ether oxygens (including phenoxy) is 1. The Balaban J connectivity index is 2.28. The Bertz CT molecular complexity index is 383. The van der Waals surface area contributed by atoms with Gasteiger partial charge in [-0.05, 0) is 64.8 Å². The van der Waals surface area contributed by atoms with Gasteiger partial charge < -0.3 is 15.8 Å². The average Bonchev–Trinajstić information content (AvgIpc) is 2.32. The van der Waals surface area contributed by atoms with E-state index in [1.807, 2.05) is 6.07 Å². The van der Waals surface area contributed by atoms with Crippen LogP contribution in [-0.2, 0) is 6.42 Å². The standard InChI is InChI=1S/C16H28N2O/c1-13-6-7-15(19-4)14(12-13)8-11-18-10-5-9-16(2,3)17/h6-7,12,18H,5,8-11,17H2,1-4H3. The van der Waals surface area contributed by atoms with E-state index in [-0.39, 0.29) is 5.54 Å². The van der Waals surface area contributed by atoms with Crippen molar-refractivity contribution < 1.29 is 4.74 Å². The topological polar surface area (TPSA) is 47.3 Å². The first-order valence-corrected chi connectivity index (χ1v) is 7.05. The second-order valence-corrected chi connectivity index (χ2v) is 5.91. The van der Waals surface area contributed by atoms with Gasteiger partial charge in [0.05, 0.1) is 7.11 Å². The zero-order valence-electron chi connectivity index (χ0n) is 12.8. The van der Waals surface area contributed by atoms with E-state index in [0.29, 0.717) is 0 Å². The summed E-state index contributed by atoms with van der Waals surface area (Å²) in [5.41, 5.74) is 8.45. The number of hydrogen-bond acceptors (Lipinski definition) is 3. The van der Waals surface area contributed by atoms with E-state index in [1.54, 1.807) is 7.11 Å². The van der Waals surface area contributed by atoms with Crippen LogP contribution in [0.2, 0.25) is 0 Å². The Hall–Kier alpha value is -1.06. The molecule has 1 rings (SSSR count). The molecule has 0 radical (unpaired) electrons. The number of nitrogens with one attached hydrogen (secondary N) is 1. The third-order valence-corrected chi connectivity index (χ3v) is 3.18.